The van der Waals surface area contributed by atoms with Gasteiger partial charge in [0.05, 0.1) is 22.9 Å². The van der Waals surface area contributed by atoms with Crippen molar-refractivity contribution in [3.63, 3.8) is 0 Å². The molecule has 0 amide bonds. The molecule has 1 aromatic heterocycles. The lowest BCUT2D eigenvalue weighted by Crippen LogP contribution is -2.15. The van der Waals surface area contributed by atoms with Gasteiger partial charge in [-0.1, -0.05) is 6.07 Å². The van der Waals surface area contributed by atoms with Crippen LogP contribution in [0.5, 0.6) is 0 Å². The molecule has 0 saturated heterocycles. The average molecular weight is 388 g/mol. The van der Waals surface area contributed by atoms with E-state index in [1.54, 1.807) is 19.9 Å². The van der Waals surface area contributed by atoms with E-state index in [2.05, 4.69) is 4.98 Å². The highest BCUT2D eigenvalue weighted by Gasteiger charge is 2.30. The lowest BCUT2D eigenvalue weighted by molar-refractivity contribution is -0.105. The van der Waals surface area contributed by atoms with E-state index in [0.717, 1.165) is 0 Å². The molecule has 0 fully saturated rings. The van der Waals surface area contributed by atoms with Gasteiger partial charge in [0.15, 0.2) is 5.69 Å². The molecule has 4 nitrogen and oxygen atoms in total. The SMILES string of the molecule is CCOC(=O)c1nc(-c2ccc(C)cc2F)cc(N)c1SCC(F)(F)F. The van der Waals surface area contributed by atoms with Gasteiger partial charge in [-0.25, -0.2) is 14.2 Å². The summed E-state index contributed by atoms with van der Waals surface area (Å²) in [5.74, 6) is -2.75. The number of aromatic nitrogens is 1. The monoisotopic (exact) mass is 388 g/mol. The predicted molar refractivity (Wildman–Crippen MR) is 91.5 cm³/mol. The number of nitrogens with two attached hydrogens (primary N) is 1. The summed E-state index contributed by atoms with van der Waals surface area (Å²) in [6, 6.07) is 5.63. The molecule has 0 aliphatic heterocycles. The predicted octanol–water partition coefficient (Wildman–Crippen LogP) is 4.61. The smallest absolute Gasteiger partial charge is 0.398 e. The van der Waals surface area contributed by atoms with Crippen LogP contribution >= 0.6 is 11.8 Å². The number of hydrogen-bond donors (Lipinski definition) is 1. The first kappa shape index (κ1) is 20.0. The summed E-state index contributed by atoms with van der Waals surface area (Å²) in [6.07, 6.45) is -4.45. The highest BCUT2D eigenvalue weighted by molar-refractivity contribution is 7.99. The fourth-order valence-corrected chi connectivity index (χ4v) is 2.96. The Morgan fingerprint density at radius 2 is 2.00 bits per heavy atom. The standard InChI is InChI=1S/C17H16F4N2O2S/c1-3-25-16(24)14-15(26-8-17(19,20)21)12(22)7-13(23-14)10-5-4-9(2)6-11(10)18/h4-7H,3,8H2,1-2H3,(H2,22,23). The summed E-state index contributed by atoms with van der Waals surface area (Å²) in [6.45, 7) is 3.26. The molecule has 2 aromatic rings. The van der Waals surface area contributed by atoms with Crippen molar-refractivity contribution in [3.05, 3.63) is 41.3 Å². The molecule has 0 saturated carbocycles. The number of esters is 1. The van der Waals surface area contributed by atoms with Gasteiger partial charge in [-0.15, -0.1) is 11.8 Å². The van der Waals surface area contributed by atoms with E-state index in [1.807, 2.05) is 0 Å². The fraction of sp³-hybridized carbons (Fsp3) is 0.294. The van der Waals surface area contributed by atoms with Crippen LogP contribution in [0, 0.1) is 12.7 Å². The Kier molecular flexibility index (Phi) is 6.12. The third-order valence-corrected chi connectivity index (χ3v) is 4.44. The Morgan fingerprint density at radius 1 is 1.31 bits per heavy atom. The van der Waals surface area contributed by atoms with E-state index in [0.29, 0.717) is 17.3 Å². The highest BCUT2D eigenvalue weighted by Crippen LogP contribution is 2.36. The number of nitrogen functional groups attached to an aromatic ring is 1. The summed E-state index contributed by atoms with van der Waals surface area (Å²) in [5.41, 5.74) is 6.18. The molecule has 0 aliphatic carbocycles. The maximum atomic E-state index is 14.2. The van der Waals surface area contributed by atoms with Gasteiger partial charge in [0, 0.05) is 11.3 Å². The number of ether oxygens (including phenoxy) is 1. The number of rotatable bonds is 5. The van der Waals surface area contributed by atoms with Crippen molar-refractivity contribution < 1.29 is 27.1 Å². The van der Waals surface area contributed by atoms with Crippen LogP contribution in [0.4, 0.5) is 23.2 Å². The summed E-state index contributed by atoms with van der Waals surface area (Å²) in [5, 5.41) is 0. The average Bonchev–Trinajstić information content (AvgIpc) is 2.52. The van der Waals surface area contributed by atoms with E-state index in [-0.39, 0.29) is 34.1 Å². The third kappa shape index (κ3) is 4.87. The van der Waals surface area contributed by atoms with E-state index < -0.39 is 23.7 Å². The molecule has 1 aromatic carbocycles. The van der Waals surface area contributed by atoms with Gasteiger partial charge in [-0.2, -0.15) is 13.2 Å². The number of nitrogens with zero attached hydrogens (tertiary/aromatic N) is 1. The number of carbonyl (C=O) groups excluding carboxylic acids is 1. The number of pyridine rings is 1. The Hall–Kier alpha value is -2.29. The van der Waals surface area contributed by atoms with Crippen molar-refractivity contribution in [2.24, 2.45) is 0 Å². The molecule has 26 heavy (non-hydrogen) atoms. The van der Waals surface area contributed by atoms with Gasteiger partial charge < -0.3 is 10.5 Å². The minimum atomic E-state index is -4.45. The number of hydrogen-bond acceptors (Lipinski definition) is 5. The lowest BCUT2D eigenvalue weighted by atomic mass is 10.1. The number of carbonyl (C=O) groups is 1. The second-order valence-corrected chi connectivity index (χ2v) is 6.37. The molecule has 0 atom stereocenters. The maximum absolute atomic E-state index is 14.2. The molecule has 2 N–H and O–H groups in total. The Balaban J connectivity index is 2.55. The normalized spacial score (nSPS) is 11.5. The minimum absolute atomic E-state index is 0.00686. The van der Waals surface area contributed by atoms with Crippen molar-refractivity contribution in [1.82, 2.24) is 4.98 Å². The summed E-state index contributed by atoms with van der Waals surface area (Å²) >= 11 is 0.338. The van der Waals surface area contributed by atoms with E-state index in [4.69, 9.17) is 10.5 Å². The van der Waals surface area contributed by atoms with Crippen LogP contribution in [0.2, 0.25) is 0 Å². The molecule has 140 valence electrons. The zero-order valence-corrected chi connectivity index (χ0v) is 14.8. The molecular formula is C17H16F4N2O2S. The molecule has 9 heteroatoms. The van der Waals surface area contributed by atoms with Crippen LogP contribution < -0.4 is 5.73 Å². The first-order chi connectivity index (χ1) is 12.1. The van der Waals surface area contributed by atoms with E-state index in [9.17, 15) is 22.4 Å². The van der Waals surface area contributed by atoms with Crippen molar-refractivity contribution in [1.29, 1.82) is 0 Å². The molecule has 0 bridgehead atoms. The van der Waals surface area contributed by atoms with Gasteiger partial charge in [0.2, 0.25) is 0 Å². The number of aryl methyl sites for hydroxylation is 1. The van der Waals surface area contributed by atoms with Gasteiger partial charge in [-0.3, -0.25) is 0 Å². The van der Waals surface area contributed by atoms with Crippen molar-refractivity contribution >= 4 is 23.4 Å². The number of thioether (sulfide) groups is 1. The fourth-order valence-electron chi connectivity index (χ4n) is 2.16. The molecule has 2 rings (SSSR count). The Bertz CT molecular complexity index is 825. The first-order valence-corrected chi connectivity index (χ1v) is 8.54. The molecule has 0 aliphatic rings. The summed E-state index contributed by atoms with van der Waals surface area (Å²) in [7, 11) is 0. The molecular weight excluding hydrogens is 372 g/mol. The number of anilines is 1. The molecule has 0 radical (unpaired) electrons. The Morgan fingerprint density at radius 3 is 2.58 bits per heavy atom. The maximum Gasteiger partial charge on any atom is 0.398 e. The van der Waals surface area contributed by atoms with Crippen LogP contribution in [-0.2, 0) is 4.74 Å². The molecule has 1 heterocycles. The topological polar surface area (TPSA) is 65.2 Å². The zero-order chi connectivity index (χ0) is 19.5. The van der Waals surface area contributed by atoms with E-state index in [1.165, 1.54) is 18.2 Å². The number of benzene rings is 1. The quantitative estimate of drug-likeness (QED) is 0.460. The Labute approximate surface area is 151 Å². The van der Waals surface area contributed by atoms with E-state index >= 15 is 0 Å². The van der Waals surface area contributed by atoms with Crippen LogP contribution in [0.3, 0.4) is 0 Å². The summed E-state index contributed by atoms with van der Waals surface area (Å²) in [4.78, 5) is 16.0. The zero-order valence-electron chi connectivity index (χ0n) is 14.0. The largest absolute Gasteiger partial charge is 0.461 e. The first-order valence-electron chi connectivity index (χ1n) is 7.56. The lowest BCUT2D eigenvalue weighted by Gasteiger charge is -2.14. The number of alkyl halides is 3. The van der Waals surface area contributed by atoms with Crippen LogP contribution in [0.1, 0.15) is 23.0 Å². The minimum Gasteiger partial charge on any atom is -0.461 e. The van der Waals surface area contributed by atoms with Crippen LogP contribution in [-0.4, -0.2) is 29.5 Å². The van der Waals surface area contributed by atoms with Gasteiger partial charge in [0.25, 0.3) is 0 Å². The van der Waals surface area contributed by atoms with Crippen molar-refractivity contribution in [2.45, 2.75) is 24.9 Å². The van der Waals surface area contributed by atoms with Crippen molar-refractivity contribution in [2.75, 3.05) is 18.1 Å². The van der Waals surface area contributed by atoms with Crippen LogP contribution in [0.25, 0.3) is 11.3 Å². The molecule has 0 spiro atoms. The third-order valence-electron chi connectivity index (χ3n) is 3.25. The van der Waals surface area contributed by atoms with Gasteiger partial charge >= 0.3 is 12.1 Å². The van der Waals surface area contributed by atoms with Gasteiger partial charge in [-0.05, 0) is 37.6 Å². The van der Waals surface area contributed by atoms with Gasteiger partial charge in [0.1, 0.15) is 5.82 Å². The number of halogens is 4. The van der Waals surface area contributed by atoms with Crippen LogP contribution in [0.15, 0.2) is 29.2 Å². The second-order valence-electron chi connectivity index (χ2n) is 5.38. The van der Waals surface area contributed by atoms with Crippen molar-refractivity contribution in [3.8, 4) is 11.3 Å². The molecule has 0 unspecified atom stereocenters. The summed E-state index contributed by atoms with van der Waals surface area (Å²) < 4.78 is 56.7. The second kappa shape index (κ2) is 7.94. The highest BCUT2D eigenvalue weighted by atomic mass is 32.2.